The molecule has 2 aromatic rings. The van der Waals surface area contributed by atoms with E-state index in [1.54, 1.807) is 4.68 Å². The number of hydrogen-bond donors (Lipinski definition) is 0. The molecule has 0 aliphatic carbocycles. The first-order valence-corrected chi connectivity index (χ1v) is 6.78. The van der Waals surface area contributed by atoms with Crippen LogP contribution in [0.25, 0.3) is 0 Å². The molecule has 8 heteroatoms. The van der Waals surface area contributed by atoms with Crippen LogP contribution in [-0.4, -0.2) is 28.7 Å². The summed E-state index contributed by atoms with van der Waals surface area (Å²) in [5, 5.41) is 4.23. The molecule has 0 radical (unpaired) electrons. The Bertz CT molecular complexity index is 678. The van der Waals surface area contributed by atoms with Gasteiger partial charge >= 0.3 is 12.3 Å². The fourth-order valence-electron chi connectivity index (χ4n) is 2.00. The van der Waals surface area contributed by atoms with Gasteiger partial charge < -0.3 is 9.47 Å². The summed E-state index contributed by atoms with van der Waals surface area (Å²) in [5.74, 6) is -1.01. The Labute approximate surface area is 130 Å². The Kier molecular flexibility index (Phi) is 4.92. The molecule has 0 saturated heterocycles. The highest BCUT2D eigenvalue weighted by atomic mass is 19.4. The number of rotatable bonds is 5. The van der Waals surface area contributed by atoms with Crippen molar-refractivity contribution in [3.63, 3.8) is 0 Å². The molecule has 0 N–H and O–H groups in total. The van der Waals surface area contributed by atoms with Crippen molar-refractivity contribution in [1.29, 1.82) is 0 Å². The number of carbonyl (C=O) groups is 1. The molecule has 0 unspecified atom stereocenters. The van der Waals surface area contributed by atoms with Gasteiger partial charge in [-0.1, -0.05) is 0 Å². The van der Waals surface area contributed by atoms with E-state index in [2.05, 4.69) is 9.84 Å². The second kappa shape index (κ2) is 6.72. The van der Waals surface area contributed by atoms with Crippen molar-refractivity contribution in [1.82, 2.24) is 9.78 Å². The number of aryl methyl sites for hydroxylation is 2. The predicted molar refractivity (Wildman–Crippen MR) is 75.1 cm³/mol. The van der Waals surface area contributed by atoms with Gasteiger partial charge in [0.1, 0.15) is 12.4 Å². The van der Waals surface area contributed by atoms with Crippen molar-refractivity contribution < 1.29 is 27.4 Å². The minimum atomic E-state index is -4.76. The van der Waals surface area contributed by atoms with Gasteiger partial charge in [-0.25, -0.2) is 4.79 Å². The Morgan fingerprint density at radius 3 is 2.39 bits per heavy atom. The van der Waals surface area contributed by atoms with Crippen molar-refractivity contribution in [3.05, 3.63) is 47.3 Å². The second-order valence-electron chi connectivity index (χ2n) is 4.86. The summed E-state index contributed by atoms with van der Waals surface area (Å²) >= 11 is 0. The van der Waals surface area contributed by atoms with Gasteiger partial charge in [0.25, 0.3) is 0 Å². The van der Waals surface area contributed by atoms with Crippen molar-refractivity contribution in [2.75, 3.05) is 6.61 Å². The van der Waals surface area contributed by atoms with Gasteiger partial charge in [-0.05, 0) is 44.2 Å². The van der Waals surface area contributed by atoms with Crippen LogP contribution >= 0.6 is 0 Å². The van der Waals surface area contributed by atoms with Crippen molar-refractivity contribution in [2.45, 2.75) is 26.8 Å². The molecule has 0 aliphatic rings. The van der Waals surface area contributed by atoms with Gasteiger partial charge in [-0.15, -0.1) is 13.2 Å². The van der Waals surface area contributed by atoms with Crippen molar-refractivity contribution in [2.24, 2.45) is 0 Å². The number of esters is 1. The zero-order valence-corrected chi connectivity index (χ0v) is 12.6. The molecule has 0 aliphatic heterocycles. The SMILES string of the molecule is Cc1cc(C)n(CCOC(=O)c2ccc(OC(F)(F)F)cc2)n1. The summed E-state index contributed by atoms with van der Waals surface area (Å²) in [6, 6.07) is 6.46. The zero-order valence-electron chi connectivity index (χ0n) is 12.6. The lowest BCUT2D eigenvalue weighted by Crippen LogP contribution is -2.17. The molecule has 1 heterocycles. The maximum absolute atomic E-state index is 12.0. The highest BCUT2D eigenvalue weighted by molar-refractivity contribution is 5.89. The van der Waals surface area contributed by atoms with E-state index < -0.39 is 18.1 Å². The van der Waals surface area contributed by atoms with E-state index in [0.717, 1.165) is 23.5 Å². The van der Waals surface area contributed by atoms with Crippen LogP contribution in [0.5, 0.6) is 5.75 Å². The first-order chi connectivity index (χ1) is 10.7. The quantitative estimate of drug-likeness (QED) is 0.791. The first kappa shape index (κ1) is 16.9. The number of carbonyl (C=O) groups excluding carboxylic acids is 1. The fourth-order valence-corrected chi connectivity index (χ4v) is 2.00. The summed E-state index contributed by atoms with van der Waals surface area (Å²) in [6.45, 7) is 4.27. The molecule has 0 fully saturated rings. The average molecular weight is 328 g/mol. The minimum Gasteiger partial charge on any atom is -0.460 e. The van der Waals surface area contributed by atoms with E-state index in [1.807, 2.05) is 19.9 Å². The Balaban J connectivity index is 1.87. The van der Waals surface area contributed by atoms with Gasteiger partial charge in [-0.3, -0.25) is 4.68 Å². The third kappa shape index (κ3) is 5.01. The molecule has 0 saturated carbocycles. The number of nitrogens with zero attached hydrogens (tertiary/aromatic N) is 2. The first-order valence-electron chi connectivity index (χ1n) is 6.78. The molecule has 1 aromatic heterocycles. The molecular formula is C15H15F3N2O3. The monoisotopic (exact) mass is 328 g/mol. The maximum atomic E-state index is 12.0. The van der Waals surface area contributed by atoms with E-state index in [-0.39, 0.29) is 12.2 Å². The third-order valence-electron chi connectivity index (χ3n) is 2.96. The van der Waals surface area contributed by atoms with Gasteiger partial charge in [0.2, 0.25) is 0 Å². The highest BCUT2D eigenvalue weighted by Gasteiger charge is 2.31. The van der Waals surface area contributed by atoms with Crippen LogP contribution in [0, 0.1) is 13.8 Å². The number of benzene rings is 1. The molecule has 0 atom stereocenters. The van der Waals surface area contributed by atoms with Crippen LogP contribution in [0.1, 0.15) is 21.7 Å². The van der Waals surface area contributed by atoms with Crippen LogP contribution in [-0.2, 0) is 11.3 Å². The molecule has 0 bridgehead atoms. The lowest BCUT2D eigenvalue weighted by atomic mass is 10.2. The molecular weight excluding hydrogens is 313 g/mol. The molecule has 1 aromatic carbocycles. The number of ether oxygens (including phenoxy) is 2. The number of aromatic nitrogens is 2. The van der Waals surface area contributed by atoms with E-state index in [4.69, 9.17) is 4.74 Å². The van der Waals surface area contributed by atoms with Crippen LogP contribution < -0.4 is 4.74 Å². The molecule has 2 rings (SSSR count). The lowest BCUT2D eigenvalue weighted by molar-refractivity contribution is -0.274. The number of hydrogen-bond acceptors (Lipinski definition) is 4. The van der Waals surface area contributed by atoms with Crippen LogP contribution in [0.3, 0.4) is 0 Å². The predicted octanol–water partition coefficient (Wildman–Crippen LogP) is 3.26. The number of alkyl halides is 3. The fraction of sp³-hybridized carbons (Fsp3) is 0.333. The molecule has 124 valence electrons. The summed E-state index contributed by atoms with van der Waals surface area (Å²) in [7, 11) is 0. The van der Waals surface area contributed by atoms with Crippen LogP contribution in [0.4, 0.5) is 13.2 Å². The lowest BCUT2D eigenvalue weighted by Gasteiger charge is -2.09. The molecule has 0 spiro atoms. The van der Waals surface area contributed by atoms with Gasteiger partial charge in [-0.2, -0.15) is 5.10 Å². The Morgan fingerprint density at radius 1 is 1.22 bits per heavy atom. The summed E-state index contributed by atoms with van der Waals surface area (Å²) in [5.41, 5.74) is 1.97. The summed E-state index contributed by atoms with van der Waals surface area (Å²) < 4.78 is 46.6. The third-order valence-corrected chi connectivity index (χ3v) is 2.96. The highest BCUT2D eigenvalue weighted by Crippen LogP contribution is 2.22. The van der Waals surface area contributed by atoms with E-state index >= 15 is 0 Å². The maximum Gasteiger partial charge on any atom is 0.573 e. The molecule has 0 amide bonds. The van der Waals surface area contributed by atoms with Crippen LogP contribution in [0.15, 0.2) is 30.3 Å². The topological polar surface area (TPSA) is 53.4 Å². The zero-order chi connectivity index (χ0) is 17.0. The standard InChI is InChI=1S/C15H15F3N2O3/c1-10-9-11(2)20(19-10)7-8-22-14(21)12-3-5-13(6-4-12)23-15(16,17)18/h3-6,9H,7-8H2,1-2H3. The Morgan fingerprint density at radius 2 is 1.87 bits per heavy atom. The minimum absolute atomic E-state index is 0.113. The normalized spacial score (nSPS) is 11.3. The number of halogens is 3. The largest absolute Gasteiger partial charge is 0.573 e. The van der Waals surface area contributed by atoms with Crippen LogP contribution in [0.2, 0.25) is 0 Å². The van der Waals surface area contributed by atoms with Gasteiger partial charge in [0.05, 0.1) is 17.8 Å². The summed E-state index contributed by atoms with van der Waals surface area (Å²) in [4.78, 5) is 11.8. The van der Waals surface area contributed by atoms with Gasteiger partial charge in [0, 0.05) is 5.69 Å². The van der Waals surface area contributed by atoms with Crippen molar-refractivity contribution >= 4 is 5.97 Å². The van der Waals surface area contributed by atoms with E-state index in [9.17, 15) is 18.0 Å². The Hall–Kier alpha value is -2.51. The molecule has 5 nitrogen and oxygen atoms in total. The van der Waals surface area contributed by atoms with Gasteiger partial charge in [0.15, 0.2) is 0 Å². The smallest absolute Gasteiger partial charge is 0.460 e. The van der Waals surface area contributed by atoms with Crippen molar-refractivity contribution in [3.8, 4) is 5.75 Å². The second-order valence-corrected chi connectivity index (χ2v) is 4.86. The van der Waals surface area contributed by atoms with E-state index in [0.29, 0.717) is 6.54 Å². The summed E-state index contributed by atoms with van der Waals surface area (Å²) in [6.07, 6.45) is -4.76. The molecule has 23 heavy (non-hydrogen) atoms. The average Bonchev–Trinajstić information content (AvgIpc) is 2.76. The van der Waals surface area contributed by atoms with E-state index in [1.165, 1.54) is 12.1 Å².